The summed E-state index contributed by atoms with van der Waals surface area (Å²) < 4.78 is 19.7. The molecule has 1 atom stereocenters. The lowest BCUT2D eigenvalue weighted by molar-refractivity contribution is -0.0573. The van der Waals surface area contributed by atoms with Gasteiger partial charge in [0.05, 0.1) is 42.4 Å². The maximum Gasteiger partial charge on any atom is 0.227 e. The molecule has 7 heteroatoms. The van der Waals surface area contributed by atoms with E-state index in [1.54, 1.807) is 7.11 Å². The van der Waals surface area contributed by atoms with Crippen molar-refractivity contribution in [1.82, 2.24) is 14.7 Å². The second-order valence-electron chi connectivity index (χ2n) is 10.4. The molecular formula is C29H39N3O4. The van der Waals surface area contributed by atoms with Gasteiger partial charge in [-0.3, -0.25) is 4.90 Å². The van der Waals surface area contributed by atoms with E-state index in [-0.39, 0.29) is 5.60 Å². The van der Waals surface area contributed by atoms with Gasteiger partial charge >= 0.3 is 0 Å². The molecule has 36 heavy (non-hydrogen) atoms. The van der Waals surface area contributed by atoms with Crippen molar-refractivity contribution in [2.75, 3.05) is 20.3 Å². The Hall–Kier alpha value is -2.87. The Morgan fingerprint density at radius 2 is 1.81 bits per heavy atom. The molecule has 194 valence electrons. The summed E-state index contributed by atoms with van der Waals surface area (Å²) in [5.74, 6) is 2.11. The molecule has 1 aliphatic carbocycles. The standard InChI is InChI=1S/C29H39N3O4/c1-6-27-26(19-31(21-15-16-21)18-23(33)20-35-29(2,3)4)28(32(30-27)22-11-8-7-9-12-22)36-25-14-10-13-24(17-25)34-5/h7-14,17,21,23,33H,6,15-16,18-20H2,1-5H3. The second kappa shape index (κ2) is 11.5. The zero-order valence-electron chi connectivity index (χ0n) is 22.1. The number of aliphatic hydroxyl groups excluding tert-OH is 1. The minimum Gasteiger partial charge on any atom is -0.497 e. The number of aromatic nitrogens is 2. The highest BCUT2D eigenvalue weighted by Crippen LogP contribution is 2.36. The van der Waals surface area contributed by atoms with E-state index in [1.807, 2.05) is 80.1 Å². The van der Waals surface area contributed by atoms with E-state index >= 15 is 0 Å². The molecule has 7 nitrogen and oxygen atoms in total. The number of aliphatic hydroxyl groups is 1. The fourth-order valence-electron chi connectivity index (χ4n) is 4.20. The highest BCUT2D eigenvalue weighted by Gasteiger charge is 2.33. The Balaban J connectivity index is 1.66. The summed E-state index contributed by atoms with van der Waals surface area (Å²) in [6, 6.07) is 18.1. The van der Waals surface area contributed by atoms with E-state index in [1.165, 1.54) is 0 Å². The van der Waals surface area contributed by atoms with Crippen LogP contribution in [-0.4, -0.2) is 57.8 Å². The molecule has 1 aromatic heterocycles. The van der Waals surface area contributed by atoms with Crippen LogP contribution in [0.1, 0.15) is 51.8 Å². The van der Waals surface area contributed by atoms with Crippen LogP contribution in [0.25, 0.3) is 5.69 Å². The van der Waals surface area contributed by atoms with Crippen LogP contribution in [0, 0.1) is 0 Å². The van der Waals surface area contributed by atoms with Gasteiger partial charge in [0.25, 0.3) is 0 Å². The Morgan fingerprint density at radius 1 is 1.08 bits per heavy atom. The van der Waals surface area contributed by atoms with Gasteiger partial charge in [0.15, 0.2) is 0 Å². The molecule has 0 spiro atoms. The average molecular weight is 494 g/mol. The predicted octanol–water partition coefficient (Wildman–Crippen LogP) is 5.38. The number of hydrogen-bond acceptors (Lipinski definition) is 6. The molecule has 0 amide bonds. The van der Waals surface area contributed by atoms with Crippen LogP contribution in [0.15, 0.2) is 54.6 Å². The Kier molecular flexibility index (Phi) is 8.34. The van der Waals surface area contributed by atoms with Crippen molar-refractivity contribution in [2.24, 2.45) is 0 Å². The first kappa shape index (κ1) is 26.2. The lowest BCUT2D eigenvalue weighted by atomic mass is 10.1. The van der Waals surface area contributed by atoms with Crippen molar-refractivity contribution in [2.45, 2.75) is 71.2 Å². The largest absolute Gasteiger partial charge is 0.497 e. The summed E-state index contributed by atoms with van der Waals surface area (Å²) in [6.45, 7) is 9.63. The van der Waals surface area contributed by atoms with Crippen molar-refractivity contribution in [3.05, 3.63) is 65.9 Å². The van der Waals surface area contributed by atoms with E-state index < -0.39 is 6.10 Å². The molecule has 1 N–H and O–H groups in total. The number of methoxy groups -OCH3 is 1. The van der Waals surface area contributed by atoms with Crippen LogP contribution in [0.3, 0.4) is 0 Å². The van der Waals surface area contributed by atoms with Crippen LogP contribution in [0.5, 0.6) is 17.4 Å². The molecule has 0 bridgehead atoms. The Labute approximate surface area is 214 Å². The Morgan fingerprint density at radius 3 is 2.44 bits per heavy atom. The van der Waals surface area contributed by atoms with E-state index in [2.05, 4.69) is 11.8 Å². The fraction of sp³-hybridized carbons (Fsp3) is 0.483. The first-order valence-corrected chi connectivity index (χ1v) is 12.8. The van der Waals surface area contributed by atoms with E-state index in [9.17, 15) is 5.11 Å². The quantitative estimate of drug-likeness (QED) is 0.366. The molecule has 1 saturated carbocycles. The summed E-state index contributed by atoms with van der Waals surface area (Å²) in [7, 11) is 1.65. The van der Waals surface area contributed by atoms with Crippen LogP contribution in [-0.2, 0) is 17.7 Å². The highest BCUT2D eigenvalue weighted by atomic mass is 16.5. The summed E-state index contributed by atoms with van der Waals surface area (Å²) in [4.78, 5) is 2.35. The number of nitrogens with zero attached hydrogens (tertiary/aromatic N) is 3. The molecule has 1 fully saturated rings. The first-order valence-electron chi connectivity index (χ1n) is 12.8. The van der Waals surface area contributed by atoms with Gasteiger partial charge in [0, 0.05) is 25.2 Å². The monoisotopic (exact) mass is 493 g/mol. The van der Waals surface area contributed by atoms with E-state index in [0.717, 1.165) is 42.0 Å². The maximum atomic E-state index is 10.8. The summed E-state index contributed by atoms with van der Waals surface area (Å²) in [5.41, 5.74) is 2.69. The zero-order valence-corrected chi connectivity index (χ0v) is 22.1. The van der Waals surface area contributed by atoms with Gasteiger partial charge in [-0.15, -0.1) is 0 Å². The minimum atomic E-state index is -0.568. The maximum absolute atomic E-state index is 10.8. The third-order valence-electron chi connectivity index (χ3n) is 6.19. The van der Waals surface area contributed by atoms with Crippen molar-refractivity contribution >= 4 is 0 Å². The molecule has 0 saturated heterocycles. The zero-order chi connectivity index (χ0) is 25.7. The van der Waals surface area contributed by atoms with Crippen molar-refractivity contribution < 1.29 is 19.3 Å². The number of rotatable bonds is 12. The fourth-order valence-corrected chi connectivity index (χ4v) is 4.20. The SMILES string of the molecule is CCc1nn(-c2ccccc2)c(Oc2cccc(OC)c2)c1CN(CC(O)COC(C)(C)C)C1CC1. The Bertz CT molecular complexity index is 1120. The molecule has 0 aliphatic heterocycles. The molecule has 2 aromatic carbocycles. The second-order valence-corrected chi connectivity index (χ2v) is 10.4. The summed E-state index contributed by atoms with van der Waals surface area (Å²) in [5, 5.41) is 15.7. The van der Waals surface area contributed by atoms with Crippen molar-refractivity contribution in [3.63, 3.8) is 0 Å². The van der Waals surface area contributed by atoms with Gasteiger partial charge in [-0.1, -0.05) is 31.2 Å². The predicted molar refractivity (Wildman–Crippen MR) is 141 cm³/mol. The third kappa shape index (κ3) is 6.87. The first-order chi connectivity index (χ1) is 17.3. The highest BCUT2D eigenvalue weighted by molar-refractivity contribution is 5.44. The van der Waals surface area contributed by atoms with Crippen LogP contribution < -0.4 is 9.47 Å². The number of hydrogen-bond donors (Lipinski definition) is 1. The van der Waals surface area contributed by atoms with E-state index in [4.69, 9.17) is 19.3 Å². The van der Waals surface area contributed by atoms with Crippen molar-refractivity contribution in [1.29, 1.82) is 0 Å². The number of ether oxygens (including phenoxy) is 3. The minimum absolute atomic E-state index is 0.282. The molecule has 4 rings (SSSR count). The molecule has 1 heterocycles. The number of aryl methyl sites for hydroxylation is 1. The van der Waals surface area contributed by atoms with Crippen LogP contribution in [0.2, 0.25) is 0 Å². The van der Waals surface area contributed by atoms with Crippen LogP contribution >= 0.6 is 0 Å². The lowest BCUT2D eigenvalue weighted by Crippen LogP contribution is -2.38. The van der Waals surface area contributed by atoms with Gasteiger partial charge in [-0.05, 0) is 64.3 Å². The van der Waals surface area contributed by atoms with Gasteiger partial charge in [-0.2, -0.15) is 5.10 Å². The van der Waals surface area contributed by atoms with E-state index in [0.29, 0.717) is 37.4 Å². The number of benzene rings is 2. The smallest absolute Gasteiger partial charge is 0.227 e. The molecule has 1 aliphatic rings. The third-order valence-corrected chi connectivity index (χ3v) is 6.19. The van der Waals surface area contributed by atoms with Gasteiger partial charge in [0.2, 0.25) is 5.88 Å². The van der Waals surface area contributed by atoms with Crippen molar-refractivity contribution in [3.8, 4) is 23.1 Å². The molecular weight excluding hydrogens is 454 g/mol. The molecule has 1 unspecified atom stereocenters. The van der Waals surface area contributed by atoms with Crippen LogP contribution in [0.4, 0.5) is 0 Å². The average Bonchev–Trinajstić information content (AvgIpc) is 3.66. The topological polar surface area (TPSA) is 69.0 Å². The molecule has 0 radical (unpaired) electrons. The number of para-hydroxylation sites is 1. The van der Waals surface area contributed by atoms with Gasteiger partial charge in [-0.25, -0.2) is 4.68 Å². The summed E-state index contributed by atoms with van der Waals surface area (Å²) >= 11 is 0. The van der Waals surface area contributed by atoms with Gasteiger partial charge in [0.1, 0.15) is 11.5 Å². The molecule has 3 aromatic rings. The normalized spacial score (nSPS) is 14.8. The summed E-state index contributed by atoms with van der Waals surface area (Å²) in [6.07, 6.45) is 2.47. The van der Waals surface area contributed by atoms with Gasteiger partial charge < -0.3 is 19.3 Å². The lowest BCUT2D eigenvalue weighted by Gasteiger charge is -2.27.